The normalized spacial score (nSPS) is 10.1. The van der Waals surface area contributed by atoms with Crippen molar-refractivity contribution in [2.45, 2.75) is 20.4 Å². The Bertz CT molecular complexity index is 809. The predicted octanol–water partition coefficient (Wildman–Crippen LogP) is 6.16. The largest absolute Gasteiger partial charge is 0.381 e. The molecule has 0 radical (unpaired) electrons. The molecular weight excluding hydrogens is 290 g/mol. The average molecular weight is 315 g/mol. The van der Waals surface area contributed by atoms with Crippen LogP contribution in [0.25, 0.3) is 22.9 Å². The number of rotatable bonds is 7. The summed E-state index contributed by atoms with van der Waals surface area (Å²) in [4.78, 5) is 0. The van der Waals surface area contributed by atoms with Crippen LogP contribution in [-0.4, -0.2) is 0 Å². The van der Waals surface area contributed by atoms with E-state index in [2.05, 4.69) is 55.9 Å². The fourth-order valence-electron chi connectivity index (χ4n) is 2.64. The molecule has 0 atom stereocenters. The maximum atomic E-state index is 4.17. The Kier molecular flexibility index (Phi) is 5.59. The number of hydrogen-bond acceptors (Lipinski definition) is 1. The molecule has 0 aliphatic carbocycles. The lowest BCUT2D eigenvalue weighted by atomic mass is 9.96. The van der Waals surface area contributed by atoms with Crippen molar-refractivity contribution >= 4 is 22.9 Å². The minimum Gasteiger partial charge on any atom is -0.381 e. The van der Waals surface area contributed by atoms with Gasteiger partial charge in [0.1, 0.15) is 0 Å². The summed E-state index contributed by atoms with van der Waals surface area (Å²) in [6.45, 7) is 20.9. The van der Waals surface area contributed by atoms with E-state index in [1.807, 2.05) is 38.1 Å². The van der Waals surface area contributed by atoms with Gasteiger partial charge >= 0.3 is 0 Å². The van der Waals surface area contributed by atoms with E-state index in [-0.39, 0.29) is 0 Å². The third kappa shape index (κ3) is 3.94. The number of benzene rings is 2. The van der Waals surface area contributed by atoms with Crippen LogP contribution >= 0.6 is 0 Å². The van der Waals surface area contributed by atoms with Gasteiger partial charge in [0.25, 0.3) is 0 Å². The van der Waals surface area contributed by atoms with Gasteiger partial charge < -0.3 is 5.32 Å². The molecule has 0 amide bonds. The van der Waals surface area contributed by atoms with Crippen LogP contribution in [0.3, 0.4) is 0 Å². The van der Waals surface area contributed by atoms with Crippen LogP contribution in [-0.2, 0) is 6.54 Å². The highest BCUT2D eigenvalue weighted by molar-refractivity contribution is 5.73. The van der Waals surface area contributed by atoms with Crippen molar-refractivity contribution in [2.24, 2.45) is 0 Å². The first-order valence-electron chi connectivity index (χ1n) is 8.03. The van der Waals surface area contributed by atoms with Crippen molar-refractivity contribution in [3.8, 4) is 0 Å². The van der Waals surface area contributed by atoms with Gasteiger partial charge in [-0.25, -0.2) is 0 Å². The van der Waals surface area contributed by atoms with Gasteiger partial charge in [0.15, 0.2) is 0 Å². The third-order valence-corrected chi connectivity index (χ3v) is 4.06. The Morgan fingerprint density at radius 1 is 0.958 bits per heavy atom. The van der Waals surface area contributed by atoms with E-state index < -0.39 is 0 Å². The topological polar surface area (TPSA) is 12.0 Å². The molecule has 2 aromatic rings. The first kappa shape index (κ1) is 17.6. The Hall–Kier alpha value is -2.80. The van der Waals surface area contributed by atoms with E-state index in [0.717, 1.165) is 39.1 Å². The SMILES string of the molecule is C=Cc1ccccc1C(=C)NCc1ccc(C(=C)C)cc1C(=C)C. The van der Waals surface area contributed by atoms with E-state index in [1.165, 1.54) is 5.56 Å². The van der Waals surface area contributed by atoms with Gasteiger partial charge in [-0.1, -0.05) is 79.9 Å². The van der Waals surface area contributed by atoms with Crippen LogP contribution in [0.1, 0.15) is 41.7 Å². The molecule has 2 aromatic carbocycles. The number of allylic oxidation sites excluding steroid dienone is 2. The highest BCUT2D eigenvalue weighted by Gasteiger charge is 2.08. The van der Waals surface area contributed by atoms with E-state index in [9.17, 15) is 0 Å². The van der Waals surface area contributed by atoms with Crippen molar-refractivity contribution in [3.05, 3.63) is 96.6 Å². The molecule has 0 bridgehead atoms. The first-order chi connectivity index (χ1) is 11.4. The van der Waals surface area contributed by atoms with Gasteiger partial charge in [0.05, 0.1) is 0 Å². The van der Waals surface area contributed by atoms with Crippen molar-refractivity contribution < 1.29 is 0 Å². The Morgan fingerprint density at radius 3 is 2.29 bits per heavy atom. The maximum Gasteiger partial charge on any atom is 0.0406 e. The highest BCUT2D eigenvalue weighted by Crippen LogP contribution is 2.24. The summed E-state index contributed by atoms with van der Waals surface area (Å²) in [6, 6.07) is 14.5. The number of nitrogens with one attached hydrogen (secondary N) is 1. The number of hydrogen-bond donors (Lipinski definition) is 1. The quantitative estimate of drug-likeness (QED) is 0.645. The molecule has 1 heteroatoms. The lowest BCUT2D eigenvalue weighted by Crippen LogP contribution is -2.13. The molecule has 0 saturated heterocycles. The van der Waals surface area contributed by atoms with Gasteiger partial charge in [-0.05, 0) is 42.2 Å². The highest BCUT2D eigenvalue weighted by atomic mass is 14.9. The molecule has 0 aliphatic heterocycles. The molecule has 122 valence electrons. The Labute approximate surface area is 145 Å². The molecule has 1 nitrogen and oxygen atoms in total. The summed E-state index contributed by atoms with van der Waals surface area (Å²) in [5.41, 5.74) is 8.65. The molecule has 0 spiro atoms. The minimum atomic E-state index is 0.697. The van der Waals surface area contributed by atoms with Crippen LogP contribution in [0.4, 0.5) is 0 Å². The fourth-order valence-corrected chi connectivity index (χ4v) is 2.64. The summed E-state index contributed by atoms with van der Waals surface area (Å²) >= 11 is 0. The van der Waals surface area contributed by atoms with E-state index >= 15 is 0 Å². The van der Waals surface area contributed by atoms with Crippen LogP contribution < -0.4 is 5.32 Å². The van der Waals surface area contributed by atoms with Crippen LogP contribution in [0.5, 0.6) is 0 Å². The second-order valence-electron chi connectivity index (χ2n) is 6.06. The second kappa shape index (κ2) is 7.65. The van der Waals surface area contributed by atoms with Crippen molar-refractivity contribution in [2.75, 3.05) is 0 Å². The molecule has 0 heterocycles. The van der Waals surface area contributed by atoms with Gasteiger partial charge in [-0.15, -0.1) is 0 Å². The molecule has 24 heavy (non-hydrogen) atoms. The van der Waals surface area contributed by atoms with Crippen LogP contribution in [0.2, 0.25) is 0 Å². The molecule has 0 unspecified atom stereocenters. The fraction of sp³-hybridized carbons (Fsp3) is 0.130. The smallest absolute Gasteiger partial charge is 0.0406 e. The maximum absolute atomic E-state index is 4.17. The van der Waals surface area contributed by atoms with E-state index in [4.69, 9.17) is 0 Å². The molecule has 2 rings (SSSR count). The van der Waals surface area contributed by atoms with Gasteiger partial charge in [0, 0.05) is 17.8 Å². The van der Waals surface area contributed by atoms with E-state index in [0.29, 0.717) is 6.54 Å². The average Bonchev–Trinajstić information content (AvgIpc) is 2.59. The summed E-state index contributed by atoms with van der Waals surface area (Å²) in [5.74, 6) is 0. The van der Waals surface area contributed by atoms with Gasteiger partial charge in [0.2, 0.25) is 0 Å². The van der Waals surface area contributed by atoms with Crippen LogP contribution in [0, 0.1) is 0 Å². The van der Waals surface area contributed by atoms with Gasteiger partial charge in [-0.3, -0.25) is 0 Å². The van der Waals surface area contributed by atoms with Crippen LogP contribution in [0.15, 0.2) is 68.8 Å². The Balaban J connectivity index is 2.22. The van der Waals surface area contributed by atoms with Crippen molar-refractivity contribution in [1.82, 2.24) is 5.32 Å². The summed E-state index contributed by atoms with van der Waals surface area (Å²) in [5, 5.41) is 3.43. The monoisotopic (exact) mass is 315 g/mol. The minimum absolute atomic E-state index is 0.697. The Morgan fingerprint density at radius 2 is 1.67 bits per heavy atom. The lowest BCUT2D eigenvalue weighted by Gasteiger charge is -2.16. The third-order valence-electron chi connectivity index (χ3n) is 4.06. The van der Waals surface area contributed by atoms with Crippen molar-refractivity contribution in [3.63, 3.8) is 0 Å². The second-order valence-corrected chi connectivity index (χ2v) is 6.06. The summed E-state index contributed by atoms with van der Waals surface area (Å²) < 4.78 is 0. The summed E-state index contributed by atoms with van der Waals surface area (Å²) in [6.07, 6.45) is 1.85. The first-order valence-corrected chi connectivity index (χ1v) is 8.03. The van der Waals surface area contributed by atoms with Crippen molar-refractivity contribution in [1.29, 1.82) is 0 Å². The molecular formula is C23H25N. The predicted molar refractivity (Wildman–Crippen MR) is 108 cm³/mol. The van der Waals surface area contributed by atoms with Gasteiger partial charge in [-0.2, -0.15) is 0 Å². The zero-order chi connectivity index (χ0) is 17.7. The zero-order valence-electron chi connectivity index (χ0n) is 14.7. The lowest BCUT2D eigenvalue weighted by molar-refractivity contribution is 0.888. The molecule has 0 fully saturated rings. The molecule has 0 aliphatic rings. The standard InChI is InChI=1S/C23H25N/c1-7-19-10-8-9-11-22(19)18(6)24-15-21-13-12-20(16(2)3)14-23(21)17(4)5/h7-14,24H,1-2,4,6,15H2,3,5H3. The zero-order valence-corrected chi connectivity index (χ0v) is 14.7. The van der Waals surface area contributed by atoms with E-state index in [1.54, 1.807) is 0 Å². The summed E-state index contributed by atoms with van der Waals surface area (Å²) in [7, 11) is 0. The molecule has 0 aromatic heterocycles. The molecule has 0 saturated carbocycles. The molecule has 1 N–H and O–H groups in total.